The molecule has 4 atom stereocenters. The summed E-state index contributed by atoms with van der Waals surface area (Å²) in [6.07, 6.45) is -1.79. The maximum Gasteiger partial charge on any atom is 0.0942 e. The molecular formula is C5H9BO3S. The Morgan fingerprint density at radius 3 is 2.10 bits per heavy atom. The zero-order chi connectivity index (χ0) is 7.72. The summed E-state index contributed by atoms with van der Waals surface area (Å²) in [4.78, 5) is 0. The molecule has 0 aromatic carbocycles. The second kappa shape index (κ2) is 3.13. The molecule has 0 amide bonds. The molecular weight excluding hydrogens is 151 g/mol. The van der Waals surface area contributed by atoms with Crippen LogP contribution in [0.5, 0.6) is 0 Å². The van der Waals surface area contributed by atoms with Gasteiger partial charge in [0.1, 0.15) is 0 Å². The van der Waals surface area contributed by atoms with Gasteiger partial charge in [0.25, 0.3) is 0 Å². The van der Waals surface area contributed by atoms with E-state index in [4.69, 9.17) is 23.2 Å². The molecule has 1 aliphatic heterocycles. The smallest absolute Gasteiger partial charge is 0.0942 e. The lowest BCUT2D eigenvalue weighted by molar-refractivity contribution is 0.0283. The number of aliphatic hydroxyl groups excluding tert-OH is 3. The van der Waals surface area contributed by atoms with Crippen LogP contribution in [0.4, 0.5) is 0 Å². The van der Waals surface area contributed by atoms with Gasteiger partial charge in [-0.15, -0.1) is 0 Å². The van der Waals surface area contributed by atoms with E-state index in [1.807, 2.05) is 0 Å². The lowest BCUT2D eigenvalue weighted by Gasteiger charge is -2.12. The molecule has 0 bridgehead atoms. The van der Waals surface area contributed by atoms with Crippen LogP contribution in [0.2, 0.25) is 0 Å². The van der Waals surface area contributed by atoms with E-state index in [-0.39, 0.29) is 11.9 Å². The minimum atomic E-state index is -0.901. The van der Waals surface area contributed by atoms with Gasteiger partial charge in [-0.2, -0.15) is 11.8 Å². The van der Waals surface area contributed by atoms with E-state index in [2.05, 4.69) is 0 Å². The molecule has 0 aliphatic carbocycles. The van der Waals surface area contributed by atoms with Crippen molar-refractivity contribution in [3.63, 3.8) is 0 Å². The van der Waals surface area contributed by atoms with Gasteiger partial charge in [0.05, 0.1) is 31.9 Å². The largest absolute Gasteiger partial charge is 0.395 e. The maximum absolute atomic E-state index is 9.12. The predicted octanol–water partition coefficient (Wildman–Crippen LogP) is -1.69. The molecule has 1 fully saturated rings. The Hall–Kier alpha value is 0.295. The highest BCUT2D eigenvalue weighted by molar-refractivity contribution is 8.02. The fourth-order valence-corrected chi connectivity index (χ4v) is 2.06. The molecule has 1 unspecified atom stereocenters. The lowest BCUT2D eigenvalue weighted by Crippen LogP contribution is -2.33. The molecule has 3 nitrogen and oxygen atoms in total. The summed E-state index contributed by atoms with van der Waals surface area (Å²) in [5.74, 6) is 0. The summed E-state index contributed by atoms with van der Waals surface area (Å²) in [6, 6.07) is 0. The highest BCUT2D eigenvalue weighted by Gasteiger charge is 2.38. The van der Waals surface area contributed by atoms with Crippen molar-refractivity contribution in [2.45, 2.75) is 22.6 Å². The van der Waals surface area contributed by atoms with E-state index < -0.39 is 17.4 Å². The third kappa shape index (κ3) is 1.32. The van der Waals surface area contributed by atoms with Crippen LogP contribution in [0.3, 0.4) is 0 Å². The van der Waals surface area contributed by atoms with Crippen molar-refractivity contribution in [1.29, 1.82) is 0 Å². The SMILES string of the molecule is [B][C@@H]1S[C@H](CO)C(O)[C@@H]1O. The number of thioether (sulfide) groups is 1. The Labute approximate surface area is 64.9 Å². The molecule has 1 rings (SSSR count). The minimum Gasteiger partial charge on any atom is -0.395 e. The molecule has 0 aromatic rings. The van der Waals surface area contributed by atoms with Gasteiger partial charge in [-0.25, -0.2) is 0 Å². The summed E-state index contributed by atoms with van der Waals surface area (Å²) in [7, 11) is 5.38. The van der Waals surface area contributed by atoms with Gasteiger partial charge < -0.3 is 15.3 Å². The number of rotatable bonds is 1. The van der Waals surface area contributed by atoms with E-state index in [9.17, 15) is 0 Å². The van der Waals surface area contributed by atoms with Gasteiger partial charge >= 0.3 is 0 Å². The number of aliphatic hydroxyl groups is 3. The van der Waals surface area contributed by atoms with Gasteiger partial charge in [0, 0.05) is 0 Å². The topological polar surface area (TPSA) is 60.7 Å². The first-order valence-corrected chi connectivity index (χ1v) is 3.99. The van der Waals surface area contributed by atoms with Crippen LogP contribution in [0.25, 0.3) is 0 Å². The molecule has 5 heteroatoms. The first-order chi connectivity index (χ1) is 4.66. The van der Waals surface area contributed by atoms with Crippen LogP contribution < -0.4 is 0 Å². The Bertz CT molecular complexity index is 123. The van der Waals surface area contributed by atoms with Crippen molar-refractivity contribution in [2.75, 3.05) is 6.61 Å². The van der Waals surface area contributed by atoms with Gasteiger partial charge in [-0.3, -0.25) is 0 Å². The average Bonchev–Trinajstić information content (AvgIpc) is 2.17. The second-order valence-corrected chi connectivity index (χ2v) is 3.72. The molecule has 56 valence electrons. The Morgan fingerprint density at radius 2 is 1.90 bits per heavy atom. The molecule has 0 aromatic heterocycles. The van der Waals surface area contributed by atoms with Crippen molar-refractivity contribution in [3.8, 4) is 0 Å². The zero-order valence-electron chi connectivity index (χ0n) is 5.34. The summed E-state index contributed by atoms with van der Waals surface area (Å²) >= 11 is 1.21. The Kier molecular flexibility index (Phi) is 2.63. The summed E-state index contributed by atoms with van der Waals surface area (Å²) in [5.41, 5.74) is 0. The fraction of sp³-hybridized carbons (Fsp3) is 1.00. The van der Waals surface area contributed by atoms with Gasteiger partial charge in [0.15, 0.2) is 0 Å². The van der Waals surface area contributed by atoms with Crippen LogP contribution in [-0.2, 0) is 0 Å². The summed E-state index contributed by atoms with van der Waals surface area (Å²) in [6.45, 7) is -0.142. The molecule has 1 saturated heterocycles. The molecule has 3 N–H and O–H groups in total. The highest BCUT2D eigenvalue weighted by atomic mass is 32.2. The van der Waals surface area contributed by atoms with E-state index in [1.165, 1.54) is 11.8 Å². The number of hydrogen-bond acceptors (Lipinski definition) is 4. The first kappa shape index (κ1) is 8.39. The highest BCUT2D eigenvalue weighted by Crippen LogP contribution is 2.31. The van der Waals surface area contributed by atoms with E-state index in [1.54, 1.807) is 0 Å². The monoisotopic (exact) mass is 160 g/mol. The van der Waals surface area contributed by atoms with Gasteiger partial charge in [-0.05, 0) is 5.15 Å². The average molecular weight is 160 g/mol. The molecule has 1 heterocycles. The van der Waals surface area contributed by atoms with Crippen LogP contribution >= 0.6 is 11.8 Å². The standard InChI is InChI=1S/C5H9BO3S/c6-5-4(9)3(8)2(1-7)10-5/h2-5,7-9H,1H2/t2-,3?,4+,5-/m1/s1. The normalized spacial score (nSPS) is 47.9. The predicted molar refractivity (Wildman–Crippen MR) is 40.0 cm³/mol. The van der Waals surface area contributed by atoms with Gasteiger partial charge in [-0.1, -0.05) is 0 Å². The van der Waals surface area contributed by atoms with Crippen molar-refractivity contribution in [1.82, 2.24) is 0 Å². The molecule has 2 radical (unpaired) electrons. The quantitative estimate of drug-likeness (QED) is 0.400. The molecule has 10 heavy (non-hydrogen) atoms. The third-order valence-corrected chi connectivity index (χ3v) is 2.95. The van der Waals surface area contributed by atoms with E-state index in [0.29, 0.717) is 0 Å². The molecule has 1 aliphatic rings. The van der Waals surface area contributed by atoms with Crippen LogP contribution in [-0.4, -0.2) is 52.4 Å². The van der Waals surface area contributed by atoms with Crippen molar-refractivity contribution >= 4 is 19.6 Å². The second-order valence-electron chi connectivity index (χ2n) is 2.30. The molecule has 0 spiro atoms. The number of hydrogen-bond donors (Lipinski definition) is 3. The van der Waals surface area contributed by atoms with Crippen LogP contribution in [0.15, 0.2) is 0 Å². The van der Waals surface area contributed by atoms with Crippen molar-refractivity contribution in [2.24, 2.45) is 0 Å². The molecule has 0 saturated carbocycles. The van der Waals surface area contributed by atoms with Gasteiger partial charge in [0.2, 0.25) is 0 Å². The Balaban J connectivity index is 2.53. The fourth-order valence-electron chi connectivity index (χ4n) is 0.928. The minimum absolute atomic E-state index is 0.142. The van der Waals surface area contributed by atoms with Crippen molar-refractivity contribution < 1.29 is 15.3 Å². The van der Waals surface area contributed by atoms with E-state index >= 15 is 0 Å². The Morgan fingerprint density at radius 1 is 1.30 bits per heavy atom. The van der Waals surface area contributed by atoms with Crippen LogP contribution in [0, 0.1) is 0 Å². The maximum atomic E-state index is 9.12. The summed E-state index contributed by atoms with van der Waals surface area (Å²) < 4.78 is 0. The third-order valence-electron chi connectivity index (χ3n) is 1.58. The summed E-state index contributed by atoms with van der Waals surface area (Å²) in [5, 5.41) is 26.0. The van der Waals surface area contributed by atoms with Crippen molar-refractivity contribution in [3.05, 3.63) is 0 Å². The lowest BCUT2D eigenvalue weighted by atomic mass is 9.94. The van der Waals surface area contributed by atoms with E-state index in [0.717, 1.165) is 0 Å². The zero-order valence-corrected chi connectivity index (χ0v) is 6.16. The first-order valence-electron chi connectivity index (χ1n) is 3.05. The van der Waals surface area contributed by atoms with Crippen LogP contribution in [0.1, 0.15) is 0 Å².